The van der Waals surface area contributed by atoms with E-state index in [2.05, 4.69) is 5.16 Å². The highest BCUT2D eigenvalue weighted by Gasteiger charge is 2.15. The van der Waals surface area contributed by atoms with Crippen molar-refractivity contribution in [2.75, 3.05) is 7.11 Å². The Kier molecular flexibility index (Phi) is 5.31. The van der Waals surface area contributed by atoms with Crippen molar-refractivity contribution in [1.82, 2.24) is 0 Å². The summed E-state index contributed by atoms with van der Waals surface area (Å²) in [6, 6.07) is 15.3. The van der Waals surface area contributed by atoms with E-state index in [1.165, 1.54) is 14.0 Å². The Morgan fingerprint density at radius 1 is 1.09 bits per heavy atom. The second kappa shape index (κ2) is 7.41. The van der Waals surface area contributed by atoms with E-state index < -0.39 is 0 Å². The summed E-state index contributed by atoms with van der Waals surface area (Å²) >= 11 is 0. The van der Waals surface area contributed by atoms with Gasteiger partial charge in [0.1, 0.15) is 19.5 Å². The second-order valence-corrected chi connectivity index (χ2v) is 4.89. The molecule has 2 aromatic rings. The second-order valence-electron chi connectivity index (χ2n) is 4.89. The number of Topliss-reactive ketones (excluding diaryl/α,β-unsaturated/α-hetero) is 1. The van der Waals surface area contributed by atoms with Crippen molar-refractivity contribution in [3.63, 3.8) is 0 Å². The van der Waals surface area contributed by atoms with Gasteiger partial charge in [0.25, 0.3) is 0 Å². The summed E-state index contributed by atoms with van der Waals surface area (Å²) in [5.74, 6) is 0.676. The molecule has 0 fully saturated rings. The molecule has 0 atom stereocenters. The molecule has 114 valence electrons. The molecule has 2 rings (SSSR count). The maximum atomic E-state index is 11.8. The number of para-hydroxylation sites is 1. The van der Waals surface area contributed by atoms with Crippen LogP contribution in [-0.4, -0.2) is 18.6 Å². The van der Waals surface area contributed by atoms with Gasteiger partial charge in [0.2, 0.25) is 0 Å². The molecule has 0 spiro atoms. The fourth-order valence-corrected chi connectivity index (χ4v) is 2.15. The lowest BCUT2D eigenvalue weighted by Crippen LogP contribution is -2.15. The number of hydrogen-bond donors (Lipinski definition) is 0. The quantitative estimate of drug-likeness (QED) is 0.605. The lowest BCUT2D eigenvalue weighted by molar-refractivity contribution is -0.111. The molecule has 0 radical (unpaired) electrons. The molecule has 0 saturated carbocycles. The van der Waals surface area contributed by atoms with Crippen LogP contribution < -0.4 is 4.74 Å². The van der Waals surface area contributed by atoms with Crippen LogP contribution in [0.3, 0.4) is 0 Å². The predicted octanol–water partition coefficient (Wildman–Crippen LogP) is 3.51. The molecular formula is C18H19NO3. The zero-order valence-corrected chi connectivity index (χ0v) is 13.0. The van der Waals surface area contributed by atoms with E-state index in [9.17, 15) is 4.79 Å². The molecule has 0 unspecified atom stereocenters. The number of carbonyl (C=O) groups is 1. The van der Waals surface area contributed by atoms with Gasteiger partial charge in [-0.15, -0.1) is 0 Å². The number of carbonyl (C=O) groups excluding carboxylic acids is 1. The maximum Gasteiger partial charge on any atom is 0.182 e. The summed E-state index contributed by atoms with van der Waals surface area (Å²) in [5, 5.41) is 3.84. The van der Waals surface area contributed by atoms with Crippen LogP contribution in [0.2, 0.25) is 0 Å². The SMILES string of the molecule is CON=C(C(C)=O)c1ccccc1COc1ccccc1C. The molecule has 0 bridgehead atoms. The van der Waals surface area contributed by atoms with Crippen LogP contribution in [0.5, 0.6) is 5.75 Å². The third-order valence-electron chi connectivity index (χ3n) is 3.27. The number of rotatable bonds is 6. The van der Waals surface area contributed by atoms with Gasteiger partial charge < -0.3 is 9.57 Å². The van der Waals surface area contributed by atoms with Crippen LogP contribution in [-0.2, 0) is 16.2 Å². The minimum atomic E-state index is -0.148. The monoisotopic (exact) mass is 297 g/mol. The van der Waals surface area contributed by atoms with Gasteiger partial charge in [-0.3, -0.25) is 4.79 Å². The Balaban J connectivity index is 2.27. The normalized spacial score (nSPS) is 11.1. The zero-order valence-electron chi connectivity index (χ0n) is 13.0. The first-order chi connectivity index (χ1) is 10.6. The molecule has 0 amide bonds. The van der Waals surface area contributed by atoms with Crippen molar-refractivity contribution in [1.29, 1.82) is 0 Å². The highest BCUT2D eigenvalue weighted by atomic mass is 16.6. The zero-order chi connectivity index (χ0) is 15.9. The third kappa shape index (κ3) is 3.73. The van der Waals surface area contributed by atoms with Crippen LogP contribution in [0.1, 0.15) is 23.6 Å². The third-order valence-corrected chi connectivity index (χ3v) is 3.27. The van der Waals surface area contributed by atoms with Crippen molar-refractivity contribution in [3.8, 4) is 5.75 Å². The van der Waals surface area contributed by atoms with Crippen LogP contribution in [0.4, 0.5) is 0 Å². The first kappa shape index (κ1) is 15.8. The van der Waals surface area contributed by atoms with Crippen LogP contribution in [0.15, 0.2) is 53.7 Å². The van der Waals surface area contributed by atoms with Crippen molar-refractivity contribution >= 4 is 11.5 Å². The molecule has 0 saturated heterocycles. The fourth-order valence-electron chi connectivity index (χ4n) is 2.15. The molecule has 0 aromatic heterocycles. The van der Waals surface area contributed by atoms with Gasteiger partial charge >= 0.3 is 0 Å². The number of nitrogens with zero attached hydrogens (tertiary/aromatic N) is 1. The summed E-state index contributed by atoms with van der Waals surface area (Å²) in [6.45, 7) is 3.82. The molecule has 22 heavy (non-hydrogen) atoms. The summed E-state index contributed by atoms with van der Waals surface area (Å²) in [5.41, 5.74) is 2.98. The molecule has 0 heterocycles. The number of aryl methyl sites for hydroxylation is 1. The number of benzene rings is 2. The van der Waals surface area contributed by atoms with Crippen LogP contribution in [0.25, 0.3) is 0 Å². The van der Waals surface area contributed by atoms with Gasteiger partial charge in [-0.05, 0) is 24.1 Å². The highest BCUT2D eigenvalue weighted by Crippen LogP contribution is 2.19. The first-order valence-corrected chi connectivity index (χ1v) is 7.02. The van der Waals surface area contributed by atoms with Gasteiger partial charge in [-0.25, -0.2) is 0 Å². The molecule has 4 heteroatoms. The lowest BCUT2D eigenvalue weighted by atomic mass is 10.0. The van der Waals surface area contributed by atoms with E-state index in [-0.39, 0.29) is 5.78 Å². The van der Waals surface area contributed by atoms with Gasteiger partial charge in [0, 0.05) is 12.5 Å². The average molecular weight is 297 g/mol. The van der Waals surface area contributed by atoms with Crippen molar-refractivity contribution in [3.05, 3.63) is 65.2 Å². The van der Waals surface area contributed by atoms with Gasteiger partial charge in [0.05, 0.1) is 0 Å². The largest absolute Gasteiger partial charge is 0.489 e. The Morgan fingerprint density at radius 2 is 1.77 bits per heavy atom. The number of hydrogen-bond acceptors (Lipinski definition) is 4. The number of oxime groups is 1. The summed E-state index contributed by atoms with van der Waals surface area (Å²) in [6.07, 6.45) is 0. The standard InChI is InChI=1S/C18H19NO3/c1-13-8-4-7-11-17(13)22-12-15-9-5-6-10-16(15)18(14(2)20)19-21-3/h4-11H,12H2,1-3H3. The Labute approximate surface area is 130 Å². The van der Waals surface area contributed by atoms with E-state index in [0.717, 1.165) is 22.4 Å². The van der Waals surface area contributed by atoms with Crippen LogP contribution in [0, 0.1) is 6.92 Å². The maximum absolute atomic E-state index is 11.8. The molecule has 0 aliphatic rings. The number of ketones is 1. The lowest BCUT2D eigenvalue weighted by Gasteiger charge is -2.12. The van der Waals surface area contributed by atoms with Gasteiger partial charge in [0.15, 0.2) is 11.5 Å². The minimum absolute atomic E-state index is 0.148. The van der Waals surface area contributed by atoms with Gasteiger partial charge in [-0.1, -0.05) is 47.6 Å². The smallest absolute Gasteiger partial charge is 0.182 e. The van der Waals surface area contributed by atoms with E-state index >= 15 is 0 Å². The summed E-state index contributed by atoms with van der Waals surface area (Å²) in [4.78, 5) is 16.5. The van der Waals surface area contributed by atoms with E-state index in [1.807, 2.05) is 55.5 Å². The average Bonchev–Trinajstić information content (AvgIpc) is 2.52. The fraction of sp³-hybridized carbons (Fsp3) is 0.222. The minimum Gasteiger partial charge on any atom is -0.489 e. The molecule has 2 aromatic carbocycles. The van der Waals surface area contributed by atoms with Crippen LogP contribution >= 0.6 is 0 Å². The summed E-state index contributed by atoms with van der Waals surface area (Å²) < 4.78 is 5.86. The highest BCUT2D eigenvalue weighted by molar-refractivity contribution is 6.45. The van der Waals surface area contributed by atoms with Crippen molar-refractivity contribution in [2.24, 2.45) is 5.16 Å². The first-order valence-electron chi connectivity index (χ1n) is 7.02. The molecule has 0 aliphatic carbocycles. The molecular weight excluding hydrogens is 278 g/mol. The van der Waals surface area contributed by atoms with E-state index in [4.69, 9.17) is 9.57 Å². The van der Waals surface area contributed by atoms with E-state index in [1.54, 1.807) is 0 Å². The van der Waals surface area contributed by atoms with Crippen molar-refractivity contribution < 1.29 is 14.4 Å². The Hall–Kier alpha value is -2.62. The van der Waals surface area contributed by atoms with E-state index in [0.29, 0.717) is 12.3 Å². The predicted molar refractivity (Wildman–Crippen MR) is 86.2 cm³/mol. The topological polar surface area (TPSA) is 47.9 Å². The Morgan fingerprint density at radius 3 is 2.45 bits per heavy atom. The summed E-state index contributed by atoms with van der Waals surface area (Å²) in [7, 11) is 1.43. The molecule has 0 N–H and O–H groups in total. The molecule has 4 nitrogen and oxygen atoms in total. The number of ether oxygens (including phenoxy) is 1. The molecule has 0 aliphatic heterocycles. The Bertz CT molecular complexity index is 692. The van der Waals surface area contributed by atoms with Gasteiger partial charge in [-0.2, -0.15) is 0 Å². The van der Waals surface area contributed by atoms with Crippen molar-refractivity contribution in [2.45, 2.75) is 20.5 Å².